The minimum atomic E-state index is 0.227. The Balaban J connectivity index is 1.36. The standard InChI is InChI=1S/C20H25NOS/c22-20(10-4-8-19-9-5-15-23-19)21-18-13-11-17(12-14-18)16-6-2-1-3-7-16/h1-3,5-7,9,15,17-18H,4,8,10-14H2,(H,21,22). The molecule has 1 amide bonds. The third-order valence-electron chi connectivity index (χ3n) is 4.77. The smallest absolute Gasteiger partial charge is 0.220 e. The number of hydrogen-bond acceptors (Lipinski definition) is 2. The summed E-state index contributed by atoms with van der Waals surface area (Å²) < 4.78 is 0. The molecule has 0 unspecified atom stereocenters. The molecule has 1 aromatic carbocycles. The van der Waals surface area contributed by atoms with E-state index >= 15 is 0 Å². The third kappa shape index (κ3) is 4.93. The number of aryl methyl sites for hydroxylation is 1. The average molecular weight is 327 g/mol. The second-order valence-corrected chi connectivity index (χ2v) is 7.49. The van der Waals surface area contributed by atoms with Gasteiger partial charge in [0.1, 0.15) is 0 Å². The van der Waals surface area contributed by atoms with E-state index in [9.17, 15) is 4.79 Å². The number of rotatable bonds is 6. The lowest BCUT2D eigenvalue weighted by atomic mass is 9.82. The van der Waals surface area contributed by atoms with Gasteiger partial charge in [-0.1, -0.05) is 36.4 Å². The van der Waals surface area contributed by atoms with Gasteiger partial charge in [-0.05, 0) is 61.5 Å². The van der Waals surface area contributed by atoms with Crippen LogP contribution in [0.5, 0.6) is 0 Å². The zero-order valence-electron chi connectivity index (χ0n) is 13.5. The summed E-state index contributed by atoms with van der Waals surface area (Å²) >= 11 is 1.78. The molecule has 3 rings (SSSR count). The Labute approximate surface area is 142 Å². The van der Waals surface area contributed by atoms with Crippen molar-refractivity contribution in [3.8, 4) is 0 Å². The lowest BCUT2D eigenvalue weighted by Crippen LogP contribution is -2.37. The number of carbonyl (C=O) groups excluding carboxylic acids is 1. The fourth-order valence-electron chi connectivity index (χ4n) is 3.47. The summed E-state index contributed by atoms with van der Waals surface area (Å²) in [6.07, 6.45) is 7.20. The molecule has 2 aromatic rings. The molecule has 122 valence electrons. The van der Waals surface area contributed by atoms with Gasteiger partial charge in [-0.2, -0.15) is 0 Å². The SMILES string of the molecule is O=C(CCCc1cccs1)NC1CCC(c2ccccc2)CC1. The summed E-state index contributed by atoms with van der Waals surface area (Å²) in [4.78, 5) is 13.5. The number of thiophene rings is 1. The van der Waals surface area contributed by atoms with Gasteiger partial charge in [0.15, 0.2) is 0 Å². The monoisotopic (exact) mass is 327 g/mol. The van der Waals surface area contributed by atoms with E-state index < -0.39 is 0 Å². The highest BCUT2D eigenvalue weighted by atomic mass is 32.1. The quantitative estimate of drug-likeness (QED) is 0.802. The van der Waals surface area contributed by atoms with Crippen molar-refractivity contribution in [2.45, 2.75) is 56.9 Å². The summed E-state index contributed by atoms with van der Waals surface area (Å²) in [7, 11) is 0. The van der Waals surface area contributed by atoms with Crippen molar-refractivity contribution in [1.82, 2.24) is 5.32 Å². The summed E-state index contributed by atoms with van der Waals surface area (Å²) in [6, 6.07) is 15.4. The van der Waals surface area contributed by atoms with Crippen LogP contribution in [0.2, 0.25) is 0 Å². The first-order valence-corrected chi connectivity index (χ1v) is 9.56. The van der Waals surface area contributed by atoms with Crippen molar-refractivity contribution in [3.05, 3.63) is 58.3 Å². The molecule has 0 atom stereocenters. The predicted molar refractivity (Wildman–Crippen MR) is 96.8 cm³/mol. The van der Waals surface area contributed by atoms with Crippen molar-refractivity contribution in [3.63, 3.8) is 0 Å². The topological polar surface area (TPSA) is 29.1 Å². The van der Waals surface area contributed by atoms with Gasteiger partial charge < -0.3 is 5.32 Å². The first-order chi connectivity index (χ1) is 11.3. The van der Waals surface area contributed by atoms with E-state index in [-0.39, 0.29) is 5.91 Å². The van der Waals surface area contributed by atoms with Crippen LogP contribution in [0.4, 0.5) is 0 Å². The number of benzene rings is 1. The van der Waals surface area contributed by atoms with Crippen LogP contribution in [0.15, 0.2) is 47.8 Å². The van der Waals surface area contributed by atoms with E-state index in [1.807, 2.05) is 0 Å². The van der Waals surface area contributed by atoms with Crippen LogP contribution in [0.25, 0.3) is 0 Å². The first-order valence-electron chi connectivity index (χ1n) is 8.68. The minimum Gasteiger partial charge on any atom is -0.353 e. The van der Waals surface area contributed by atoms with Crippen molar-refractivity contribution < 1.29 is 4.79 Å². The molecular formula is C20H25NOS. The van der Waals surface area contributed by atoms with E-state index in [1.165, 1.54) is 23.3 Å². The molecular weight excluding hydrogens is 302 g/mol. The summed E-state index contributed by atoms with van der Waals surface area (Å²) in [6.45, 7) is 0. The van der Waals surface area contributed by atoms with E-state index in [2.05, 4.69) is 53.2 Å². The maximum Gasteiger partial charge on any atom is 0.220 e. The second-order valence-electron chi connectivity index (χ2n) is 6.46. The van der Waals surface area contributed by atoms with Crippen molar-refractivity contribution in [1.29, 1.82) is 0 Å². The van der Waals surface area contributed by atoms with Crippen LogP contribution in [-0.4, -0.2) is 11.9 Å². The predicted octanol–water partition coefficient (Wildman–Crippen LogP) is 4.91. The van der Waals surface area contributed by atoms with E-state index in [0.717, 1.165) is 25.7 Å². The van der Waals surface area contributed by atoms with Crippen LogP contribution < -0.4 is 5.32 Å². The van der Waals surface area contributed by atoms with Gasteiger partial charge >= 0.3 is 0 Å². The fraction of sp³-hybridized carbons (Fsp3) is 0.450. The molecule has 1 N–H and O–H groups in total. The molecule has 0 aliphatic heterocycles. The maximum atomic E-state index is 12.1. The number of hydrogen-bond donors (Lipinski definition) is 1. The molecule has 1 heterocycles. The molecule has 0 bridgehead atoms. The molecule has 1 aromatic heterocycles. The fourth-order valence-corrected chi connectivity index (χ4v) is 4.23. The van der Waals surface area contributed by atoms with Gasteiger partial charge in [0.2, 0.25) is 5.91 Å². The number of nitrogens with one attached hydrogen (secondary N) is 1. The molecule has 0 saturated heterocycles. The minimum absolute atomic E-state index is 0.227. The molecule has 0 spiro atoms. The van der Waals surface area contributed by atoms with Gasteiger partial charge in [-0.25, -0.2) is 0 Å². The van der Waals surface area contributed by atoms with Gasteiger partial charge in [0, 0.05) is 17.3 Å². The van der Waals surface area contributed by atoms with Crippen molar-refractivity contribution in [2.24, 2.45) is 0 Å². The average Bonchev–Trinajstić information content (AvgIpc) is 3.10. The zero-order valence-corrected chi connectivity index (χ0v) is 14.4. The lowest BCUT2D eigenvalue weighted by molar-refractivity contribution is -0.122. The van der Waals surface area contributed by atoms with Crippen LogP contribution in [0.1, 0.15) is 54.9 Å². The molecule has 2 nitrogen and oxygen atoms in total. The summed E-state index contributed by atoms with van der Waals surface area (Å²) in [5, 5.41) is 5.33. The highest BCUT2D eigenvalue weighted by molar-refractivity contribution is 7.09. The van der Waals surface area contributed by atoms with E-state index in [0.29, 0.717) is 18.4 Å². The van der Waals surface area contributed by atoms with E-state index in [4.69, 9.17) is 0 Å². The molecule has 23 heavy (non-hydrogen) atoms. The summed E-state index contributed by atoms with van der Waals surface area (Å²) in [5.41, 5.74) is 1.45. The third-order valence-corrected chi connectivity index (χ3v) is 5.71. The Morgan fingerprint density at radius 1 is 1.04 bits per heavy atom. The number of carbonyl (C=O) groups is 1. The Kier molecular flexibility index (Phi) is 5.87. The highest BCUT2D eigenvalue weighted by Gasteiger charge is 2.23. The Bertz CT molecular complexity index is 585. The van der Waals surface area contributed by atoms with Crippen LogP contribution in [0.3, 0.4) is 0 Å². The largest absolute Gasteiger partial charge is 0.353 e. The second kappa shape index (κ2) is 8.30. The van der Waals surface area contributed by atoms with E-state index in [1.54, 1.807) is 11.3 Å². The number of amides is 1. The normalized spacial score (nSPS) is 21.0. The maximum absolute atomic E-state index is 12.1. The highest BCUT2D eigenvalue weighted by Crippen LogP contribution is 2.32. The van der Waals surface area contributed by atoms with Gasteiger partial charge in [-0.3, -0.25) is 4.79 Å². The van der Waals surface area contributed by atoms with Crippen molar-refractivity contribution in [2.75, 3.05) is 0 Å². The van der Waals surface area contributed by atoms with Gasteiger partial charge in [0.05, 0.1) is 0 Å². The molecule has 0 radical (unpaired) electrons. The Hall–Kier alpha value is -1.61. The molecule has 1 aliphatic carbocycles. The lowest BCUT2D eigenvalue weighted by Gasteiger charge is -2.29. The summed E-state index contributed by atoms with van der Waals surface area (Å²) in [5.74, 6) is 0.896. The van der Waals surface area contributed by atoms with Crippen molar-refractivity contribution >= 4 is 17.2 Å². The molecule has 1 saturated carbocycles. The molecule has 1 aliphatic rings. The molecule has 3 heteroatoms. The zero-order chi connectivity index (χ0) is 15.9. The van der Waals surface area contributed by atoms with Crippen LogP contribution in [-0.2, 0) is 11.2 Å². The first kappa shape index (κ1) is 16.3. The molecule has 1 fully saturated rings. The Morgan fingerprint density at radius 2 is 1.83 bits per heavy atom. The van der Waals surface area contributed by atoms with Crippen LogP contribution in [0, 0.1) is 0 Å². The van der Waals surface area contributed by atoms with Gasteiger partial charge in [-0.15, -0.1) is 11.3 Å². The Morgan fingerprint density at radius 3 is 2.52 bits per heavy atom. The van der Waals surface area contributed by atoms with Gasteiger partial charge in [0.25, 0.3) is 0 Å². The van der Waals surface area contributed by atoms with Crippen LogP contribution >= 0.6 is 11.3 Å².